The number of carbonyl (C=O) groups is 1. The van der Waals surface area contributed by atoms with E-state index in [9.17, 15) is 18.0 Å². The van der Waals surface area contributed by atoms with Crippen molar-refractivity contribution in [2.45, 2.75) is 13.1 Å². The van der Waals surface area contributed by atoms with Crippen molar-refractivity contribution >= 4 is 27.5 Å². The molecule has 28 heavy (non-hydrogen) atoms. The van der Waals surface area contributed by atoms with Gasteiger partial charge in [-0.05, 0) is 36.8 Å². The molecule has 0 unspecified atom stereocenters. The number of aryl methyl sites for hydroxylation is 1. The SMILES string of the molecule is COc1ccc(-n2ncc(C(=O)Nc3ccc(Br)cc3C)c2C(F)(F)F)nn1. The van der Waals surface area contributed by atoms with Gasteiger partial charge in [-0.25, -0.2) is 4.68 Å². The number of alkyl halides is 3. The van der Waals surface area contributed by atoms with Gasteiger partial charge in [-0.1, -0.05) is 15.9 Å². The van der Waals surface area contributed by atoms with Crippen molar-refractivity contribution < 1.29 is 22.7 Å². The van der Waals surface area contributed by atoms with Crippen molar-refractivity contribution in [3.05, 3.63) is 57.8 Å². The van der Waals surface area contributed by atoms with E-state index in [0.29, 0.717) is 15.9 Å². The van der Waals surface area contributed by atoms with Crippen LogP contribution in [0.3, 0.4) is 0 Å². The minimum absolute atomic E-state index is 0.133. The molecule has 0 atom stereocenters. The summed E-state index contributed by atoms with van der Waals surface area (Å²) in [7, 11) is 1.35. The molecule has 0 aliphatic rings. The lowest BCUT2D eigenvalue weighted by Crippen LogP contribution is -2.21. The Bertz CT molecular complexity index is 1020. The quantitative estimate of drug-likeness (QED) is 0.642. The Hall–Kier alpha value is -2.95. The summed E-state index contributed by atoms with van der Waals surface area (Å²) in [6.07, 6.45) is -4.00. The van der Waals surface area contributed by atoms with E-state index < -0.39 is 23.3 Å². The molecule has 2 aromatic heterocycles. The van der Waals surface area contributed by atoms with E-state index in [-0.39, 0.29) is 11.7 Å². The summed E-state index contributed by atoms with van der Waals surface area (Å²) in [5.74, 6) is -1.01. The number of aromatic nitrogens is 4. The normalized spacial score (nSPS) is 11.4. The largest absolute Gasteiger partial charge is 0.480 e. The number of amides is 1. The Morgan fingerprint density at radius 3 is 2.54 bits per heavy atom. The number of anilines is 1. The van der Waals surface area contributed by atoms with Crippen LogP contribution in [-0.4, -0.2) is 33.0 Å². The number of carbonyl (C=O) groups excluding carboxylic acids is 1. The molecule has 3 aromatic rings. The lowest BCUT2D eigenvalue weighted by Gasteiger charge is -2.13. The Morgan fingerprint density at radius 2 is 1.96 bits per heavy atom. The summed E-state index contributed by atoms with van der Waals surface area (Å²) in [5.41, 5.74) is -0.810. The summed E-state index contributed by atoms with van der Waals surface area (Å²) in [6.45, 7) is 1.72. The number of nitrogens with one attached hydrogen (secondary N) is 1. The zero-order valence-electron chi connectivity index (χ0n) is 14.6. The highest BCUT2D eigenvalue weighted by Crippen LogP contribution is 2.34. The average Bonchev–Trinajstić information content (AvgIpc) is 3.10. The van der Waals surface area contributed by atoms with Gasteiger partial charge in [0, 0.05) is 16.2 Å². The van der Waals surface area contributed by atoms with Crippen molar-refractivity contribution in [1.29, 1.82) is 0 Å². The maximum atomic E-state index is 13.7. The predicted octanol–water partition coefficient (Wildman–Crippen LogP) is 4.01. The van der Waals surface area contributed by atoms with Gasteiger partial charge in [-0.15, -0.1) is 10.2 Å². The molecule has 1 amide bonds. The fourth-order valence-electron chi connectivity index (χ4n) is 2.45. The number of hydrogen-bond donors (Lipinski definition) is 1. The lowest BCUT2D eigenvalue weighted by atomic mass is 10.1. The summed E-state index contributed by atoms with van der Waals surface area (Å²) in [4.78, 5) is 12.5. The number of halogens is 4. The highest BCUT2D eigenvalue weighted by atomic mass is 79.9. The van der Waals surface area contributed by atoms with Crippen molar-refractivity contribution in [2.24, 2.45) is 0 Å². The van der Waals surface area contributed by atoms with E-state index in [4.69, 9.17) is 4.74 Å². The van der Waals surface area contributed by atoms with Crippen LogP contribution in [0.5, 0.6) is 5.88 Å². The topological polar surface area (TPSA) is 81.9 Å². The van der Waals surface area contributed by atoms with Crippen LogP contribution in [0.4, 0.5) is 18.9 Å². The first-order valence-electron chi connectivity index (χ1n) is 7.81. The van der Waals surface area contributed by atoms with E-state index in [1.807, 2.05) is 0 Å². The predicted molar refractivity (Wildman–Crippen MR) is 97.5 cm³/mol. The minimum atomic E-state index is -4.85. The summed E-state index contributed by atoms with van der Waals surface area (Å²) in [6, 6.07) is 7.59. The fraction of sp³-hybridized carbons (Fsp3) is 0.176. The first-order valence-corrected chi connectivity index (χ1v) is 8.61. The second-order valence-electron chi connectivity index (χ2n) is 5.66. The second kappa shape index (κ2) is 7.58. The van der Waals surface area contributed by atoms with E-state index in [1.165, 1.54) is 19.2 Å². The van der Waals surface area contributed by atoms with Crippen LogP contribution in [0, 0.1) is 6.92 Å². The molecule has 1 aromatic carbocycles. The maximum Gasteiger partial charge on any atom is 0.434 e. The van der Waals surface area contributed by atoms with Gasteiger partial charge < -0.3 is 10.1 Å². The number of methoxy groups -OCH3 is 1. The van der Waals surface area contributed by atoms with Gasteiger partial charge >= 0.3 is 6.18 Å². The molecule has 0 radical (unpaired) electrons. The minimum Gasteiger partial charge on any atom is -0.480 e. The van der Waals surface area contributed by atoms with Crippen LogP contribution >= 0.6 is 15.9 Å². The van der Waals surface area contributed by atoms with Gasteiger partial charge in [0.1, 0.15) is 0 Å². The Kier molecular flexibility index (Phi) is 5.36. The van der Waals surface area contributed by atoms with Gasteiger partial charge in [0.25, 0.3) is 5.91 Å². The monoisotopic (exact) mass is 455 g/mol. The van der Waals surface area contributed by atoms with E-state index >= 15 is 0 Å². The smallest absolute Gasteiger partial charge is 0.434 e. The van der Waals surface area contributed by atoms with Gasteiger partial charge in [-0.2, -0.15) is 18.3 Å². The first kappa shape index (κ1) is 19.8. The average molecular weight is 456 g/mol. The summed E-state index contributed by atoms with van der Waals surface area (Å²) >= 11 is 3.29. The number of rotatable bonds is 4. The third-order valence-electron chi connectivity index (χ3n) is 3.77. The van der Waals surface area contributed by atoms with E-state index in [2.05, 4.69) is 36.5 Å². The maximum absolute atomic E-state index is 13.7. The zero-order valence-corrected chi connectivity index (χ0v) is 16.2. The molecule has 0 spiro atoms. The van der Waals surface area contributed by atoms with Gasteiger partial charge in [0.2, 0.25) is 5.88 Å². The molecule has 1 N–H and O–H groups in total. The molecule has 0 saturated carbocycles. The molecule has 0 fully saturated rings. The van der Waals surface area contributed by atoms with Crippen LogP contribution in [0.25, 0.3) is 5.82 Å². The van der Waals surface area contributed by atoms with E-state index in [1.54, 1.807) is 25.1 Å². The molecular formula is C17H13BrF3N5O2. The number of hydrogen-bond acceptors (Lipinski definition) is 5. The van der Waals surface area contributed by atoms with Gasteiger partial charge in [-0.3, -0.25) is 4.79 Å². The highest BCUT2D eigenvalue weighted by molar-refractivity contribution is 9.10. The standard InChI is InChI=1S/C17H13BrF3N5O2/c1-9-7-10(18)3-4-12(9)23-16(27)11-8-22-26(15(11)17(19,20)21)13-5-6-14(28-2)25-24-13/h3-8H,1-2H3,(H,23,27). The summed E-state index contributed by atoms with van der Waals surface area (Å²) < 4.78 is 47.2. The van der Waals surface area contributed by atoms with Crippen LogP contribution in [0.15, 0.2) is 41.0 Å². The zero-order chi connectivity index (χ0) is 20.5. The molecule has 146 valence electrons. The molecule has 7 nitrogen and oxygen atoms in total. The van der Waals surface area contributed by atoms with Crippen LogP contribution < -0.4 is 10.1 Å². The third-order valence-corrected chi connectivity index (χ3v) is 4.26. The van der Waals surface area contributed by atoms with Crippen molar-refractivity contribution in [3.63, 3.8) is 0 Å². The van der Waals surface area contributed by atoms with Crippen LogP contribution in [0.1, 0.15) is 21.6 Å². The third kappa shape index (κ3) is 3.98. The molecular weight excluding hydrogens is 443 g/mol. The molecule has 0 bridgehead atoms. The Morgan fingerprint density at radius 1 is 1.21 bits per heavy atom. The molecule has 0 aliphatic heterocycles. The van der Waals surface area contributed by atoms with Gasteiger partial charge in [0.15, 0.2) is 11.5 Å². The molecule has 3 rings (SSSR count). The van der Waals surface area contributed by atoms with Crippen LogP contribution in [-0.2, 0) is 6.18 Å². The molecule has 0 aliphatic carbocycles. The Balaban J connectivity index is 2.01. The van der Waals surface area contributed by atoms with Crippen molar-refractivity contribution in [3.8, 4) is 11.7 Å². The first-order chi connectivity index (χ1) is 13.2. The van der Waals surface area contributed by atoms with Crippen molar-refractivity contribution in [1.82, 2.24) is 20.0 Å². The number of benzene rings is 1. The van der Waals surface area contributed by atoms with Crippen LogP contribution in [0.2, 0.25) is 0 Å². The highest BCUT2D eigenvalue weighted by Gasteiger charge is 2.41. The molecule has 2 heterocycles. The molecule has 0 saturated heterocycles. The van der Waals surface area contributed by atoms with Gasteiger partial charge in [0.05, 0.1) is 18.9 Å². The molecule has 11 heteroatoms. The number of nitrogens with zero attached hydrogens (tertiary/aromatic N) is 4. The number of ether oxygens (including phenoxy) is 1. The Labute approximate surface area is 165 Å². The lowest BCUT2D eigenvalue weighted by molar-refractivity contribution is -0.143. The summed E-state index contributed by atoms with van der Waals surface area (Å²) in [5, 5.41) is 13.5. The van der Waals surface area contributed by atoms with E-state index in [0.717, 1.165) is 10.7 Å². The second-order valence-corrected chi connectivity index (χ2v) is 6.58. The fourth-order valence-corrected chi connectivity index (χ4v) is 2.93. The van der Waals surface area contributed by atoms with Crippen molar-refractivity contribution in [2.75, 3.05) is 12.4 Å².